The summed E-state index contributed by atoms with van der Waals surface area (Å²) in [6, 6.07) is 7.60. The first-order valence-corrected chi connectivity index (χ1v) is 8.71. The summed E-state index contributed by atoms with van der Waals surface area (Å²) in [6.07, 6.45) is 0.794. The number of amides is 1. The topological polar surface area (TPSA) is 66.9 Å². The van der Waals surface area contributed by atoms with Crippen LogP contribution in [0.25, 0.3) is 10.2 Å². The Morgan fingerprint density at radius 2 is 1.79 bits per heavy atom. The van der Waals surface area contributed by atoms with Gasteiger partial charge in [0.05, 0.1) is 5.39 Å². The highest BCUT2D eigenvalue weighted by Gasteiger charge is 2.14. The van der Waals surface area contributed by atoms with Gasteiger partial charge in [0.1, 0.15) is 16.5 Å². The summed E-state index contributed by atoms with van der Waals surface area (Å²) in [7, 11) is 0. The van der Waals surface area contributed by atoms with Crippen LogP contribution in [0.15, 0.2) is 24.3 Å². The van der Waals surface area contributed by atoms with Crippen molar-refractivity contribution >= 4 is 44.7 Å². The summed E-state index contributed by atoms with van der Waals surface area (Å²) >= 11 is 1.70. The Hall–Kier alpha value is -2.47. The fourth-order valence-electron chi connectivity index (χ4n) is 2.52. The van der Waals surface area contributed by atoms with Crippen molar-refractivity contribution in [2.75, 3.05) is 10.6 Å². The molecule has 2 aromatic heterocycles. The first kappa shape index (κ1) is 16.4. The number of anilines is 3. The van der Waals surface area contributed by atoms with Crippen LogP contribution in [-0.4, -0.2) is 15.9 Å². The van der Waals surface area contributed by atoms with E-state index in [2.05, 4.69) is 41.4 Å². The maximum absolute atomic E-state index is 11.1. The van der Waals surface area contributed by atoms with Gasteiger partial charge in [-0.2, -0.15) is 0 Å². The van der Waals surface area contributed by atoms with E-state index in [0.29, 0.717) is 0 Å². The molecule has 0 saturated carbocycles. The number of carbonyl (C=O) groups is 1. The van der Waals surface area contributed by atoms with Gasteiger partial charge in [-0.3, -0.25) is 4.79 Å². The third-order valence-corrected chi connectivity index (χ3v) is 4.96. The average Bonchev–Trinajstić information content (AvgIpc) is 2.83. The van der Waals surface area contributed by atoms with Crippen LogP contribution < -0.4 is 10.6 Å². The van der Waals surface area contributed by atoms with Crippen LogP contribution in [0.4, 0.5) is 17.2 Å². The van der Waals surface area contributed by atoms with Crippen molar-refractivity contribution in [3.8, 4) is 0 Å². The minimum absolute atomic E-state index is 0.0785. The van der Waals surface area contributed by atoms with E-state index in [9.17, 15) is 4.79 Å². The monoisotopic (exact) mass is 340 g/mol. The van der Waals surface area contributed by atoms with Crippen LogP contribution in [0.3, 0.4) is 0 Å². The van der Waals surface area contributed by atoms with E-state index in [-0.39, 0.29) is 5.91 Å². The predicted molar refractivity (Wildman–Crippen MR) is 100 cm³/mol. The summed E-state index contributed by atoms with van der Waals surface area (Å²) in [6.45, 7) is 7.77. The van der Waals surface area contributed by atoms with Crippen LogP contribution in [0.2, 0.25) is 0 Å². The number of fused-ring (bicyclic) bond motifs is 1. The molecule has 5 nitrogen and oxygen atoms in total. The zero-order valence-electron chi connectivity index (χ0n) is 14.2. The van der Waals surface area contributed by atoms with Crippen LogP contribution >= 0.6 is 11.3 Å². The van der Waals surface area contributed by atoms with Crippen LogP contribution in [0, 0.1) is 13.8 Å². The van der Waals surface area contributed by atoms with Gasteiger partial charge in [0.15, 0.2) is 0 Å². The average molecular weight is 340 g/mol. The Bertz CT molecular complexity index is 900. The highest BCUT2D eigenvalue weighted by molar-refractivity contribution is 7.18. The smallest absolute Gasteiger partial charge is 0.221 e. The molecular weight excluding hydrogens is 320 g/mol. The largest absolute Gasteiger partial charge is 0.340 e. The van der Waals surface area contributed by atoms with Gasteiger partial charge in [-0.05, 0) is 43.7 Å². The van der Waals surface area contributed by atoms with E-state index in [1.165, 1.54) is 17.4 Å². The highest BCUT2D eigenvalue weighted by atomic mass is 32.1. The Morgan fingerprint density at radius 1 is 1.12 bits per heavy atom. The molecule has 124 valence electrons. The van der Waals surface area contributed by atoms with Gasteiger partial charge in [-0.1, -0.05) is 6.92 Å². The first-order valence-electron chi connectivity index (χ1n) is 7.89. The van der Waals surface area contributed by atoms with E-state index in [1.807, 2.05) is 24.3 Å². The molecule has 0 saturated heterocycles. The standard InChI is InChI=1S/C18H20N4OS/c1-5-15-21-17(16-10(2)11(3)24-18(16)22-15)20-14-8-6-13(7-9-14)19-12(4)23/h6-9H,5H2,1-4H3,(H,19,23)(H,20,21,22). The van der Waals surface area contributed by atoms with Crippen LogP contribution in [0.5, 0.6) is 0 Å². The molecule has 0 unspecified atom stereocenters. The summed E-state index contributed by atoms with van der Waals surface area (Å²) in [4.78, 5) is 22.7. The van der Waals surface area contributed by atoms with Gasteiger partial charge in [-0.15, -0.1) is 11.3 Å². The summed E-state index contributed by atoms with van der Waals surface area (Å²) in [5.74, 6) is 1.59. The van der Waals surface area contributed by atoms with Gasteiger partial charge in [-0.25, -0.2) is 9.97 Å². The Balaban J connectivity index is 1.98. The molecule has 2 heterocycles. The quantitative estimate of drug-likeness (QED) is 0.730. The van der Waals surface area contributed by atoms with Crippen molar-refractivity contribution in [1.29, 1.82) is 0 Å². The maximum Gasteiger partial charge on any atom is 0.221 e. The molecule has 3 rings (SSSR count). The predicted octanol–water partition coefficient (Wildman–Crippen LogP) is 4.57. The molecular formula is C18H20N4OS. The van der Waals surface area contributed by atoms with Crippen molar-refractivity contribution < 1.29 is 4.79 Å². The molecule has 3 aromatic rings. The molecule has 0 radical (unpaired) electrons. The van der Waals surface area contributed by atoms with Crippen molar-refractivity contribution in [3.63, 3.8) is 0 Å². The number of hydrogen-bond donors (Lipinski definition) is 2. The zero-order chi connectivity index (χ0) is 17.3. The normalized spacial score (nSPS) is 10.8. The van der Waals surface area contributed by atoms with Gasteiger partial charge in [0, 0.05) is 29.6 Å². The first-order chi connectivity index (χ1) is 11.5. The van der Waals surface area contributed by atoms with Crippen molar-refractivity contribution in [3.05, 3.63) is 40.5 Å². The lowest BCUT2D eigenvalue weighted by Crippen LogP contribution is -2.05. The molecule has 0 spiro atoms. The number of benzene rings is 1. The van der Waals surface area contributed by atoms with Gasteiger partial charge >= 0.3 is 0 Å². The number of nitrogens with zero attached hydrogens (tertiary/aromatic N) is 2. The molecule has 24 heavy (non-hydrogen) atoms. The maximum atomic E-state index is 11.1. The van der Waals surface area contributed by atoms with Gasteiger partial charge in [0.25, 0.3) is 0 Å². The van der Waals surface area contributed by atoms with Crippen LogP contribution in [0.1, 0.15) is 30.1 Å². The number of hydrogen-bond acceptors (Lipinski definition) is 5. The molecule has 1 aromatic carbocycles. The molecule has 2 N–H and O–H groups in total. The number of thiophene rings is 1. The lowest BCUT2D eigenvalue weighted by Gasteiger charge is -2.10. The summed E-state index contributed by atoms with van der Waals surface area (Å²) in [5.41, 5.74) is 2.92. The second-order valence-corrected chi connectivity index (χ2v) is 6.89. The number of aryl methyl sites for hydroxylation is 3. The Kier molecular flexibility index (Phi) is 4.49. The lowest BCUT2D eigenvalue weighted by molar-refractivity contribution is -0.114. The van der Waals surface area contributed by atoms with E-state index in [1.54, 1.807) is 11.3 Å². The van der Waals surface area contributed by atoms with E-state index >= 15 is 0 Å². The van der Waals surface area contributed by atoms with E-state index in [4.69, 9.17) is 0 Å². The molecule has 0 aliphatic carbocycles. The molecule has 0 aliphatic heterocycles. The van der Waals surface area contributed by atoms with Crippen molar-refractivity contribution in [2.45, 2.75) is 34.1 Å². The lowest BCUT2D eigenvalue weighted by atomic mass is 10.2. The van der Waals surface area contributed by atoms with Gasteiger partial charge in [0.2, 0.25) is 5.91 Å². The van der Waals surface area contributed by atoms with E-state index < -0.39 is 0 Å². The summed E-state index contributed by atoms with van der Waals surface area (Å²) in [5, 5.41) is 7.25. The minimum atomic E-state index is -0.0785. The van der Waals surface area contributed by atoms with Crippen molar-refractivity contribution in [1.82, 2.24) is 9.97 Å². The molecule has 0 fully saturated rings. The second kappa shape index (κ2) is 6.57. The van der Waals surface area contributed by atoms with Crippen LogP contribution in [-0.2, 0) is 11.2 Å². The highest BCUT2D eigenvalue weighted by Crippen LogP contribution is 2.34. The molecule has 1 amide bonds. The fourth-order valence-corrected chi connectivity index (χ4v) is 3.57. The Morgan fingerprint density at radius 3 is 2.42 bits per heavy atom. The number of rotatable bonds is 4. The number of nitrogens with one attached hydrogen (secondary N) is 2. The molecule has 0 aliphatic rings. The number of carbonyl (C=O) groups excluding carboxylic acids is 1. The molecule has 0 atom stereocenters. The zero-order valence-corrected chi connectivity index (χ0v) is 15.0. The number of aromatic nitrogens is 2. The summed E-state index contributed by atoms with van der Waals surface area (Å²) < 4.78 is 0. The molecule has 6 heteroatoms. The van der Waals surface area contributed by atoms with Crippen molar-refractivity contribution in [2.24, 2.45) is 0 Å². The Labute approximate surface area is 145 Å². The van der Waals surface area contributed by atoms with E-state index in [0.717, 1.165) is 39.7 Å². The van der Waals surface area contributed by atoms with Gasteiger partial charge < -0.3 is 10.6 Å². The fraction of sp³-hybridized carbons (Fsp3) is 0.278. The second-order valence-electron chi connectivity index (χ2n) is 5.69. The molecule has 0 bridgehead atoms. The minimum Gasteiger partial charge on any atom is -0.340 e. The third-order valence-electron chi connectivity index (χ3n) is 3.86. The third kappa shape index (κ3) is 3.23. The SMILES string of the molecule is CCc1nc(Nc2ccc(NC(C)=O)cc2)c2c(C)c(C)sc2n1.